The third-order valence-electron chi connectivity index (χ3n) is 2.80. The van der Waals surface area contributed by atoms with E-state index in [4.69, 9.17) is 10.4 Å². The Morgan fingerprint density at radius 3 is 2.71 bits per heavy atom. The van der Waals surface area contributed by atoms with Gasteiger partial charge in [-0.15, -0.1) is 0 Å². The van der Waals surface area contributed by atoms with Crippen LogP contribution in [-0.2, 0) is 0 Å². The van der Waals surface area contributed by atoms with Gasteiger partial charge in [0.25, 0.3) is 5.91 Å². The molecule has 0 aliphatic rings. The summed E-state index contributed by atoms with van der Waals surface area (Å²) in [5, 5.41) is 17.3. The molecule has 0 spiro atoms. The molecular formula is C16H19N3O2. The largest absolute Gasteiger partial charge is 0.395 e. The summed E-state index contributed by atoms with van der Waals surface area (Å²) in [6.07, 6.45) is 2.25. The van der Waals surface area contributed by atoms with Gasteiger partial charge in [0, 0.05) is 30.8 Å². The van der Waals surface area contributed by atoms with Crippen molar-refractivity contribution in [2.24, 2.45) is 0 Å². The van der Waals surface area contributed by atoms with Crippen LogP contribution in [-0.4, -0.2) is 40.1 Å². The molecule has 21 heavy (non-hydrogen) atoms. The molecular weight excluding hydrogens is 266 g/mol. The number of nitriles is 1. The van der Waals surface area contributed by atoms with E-state index in [9.17, 15) is 4.79 Å². The monoisotopic (exact) mass is 285 g/mol. The number of aliphatic hydroxyl groups excluding tert-OH is 1. The second-order valence-corrected chi connectivity index (χ2v) is 4.71. The minimum Gasteiger partial charge on any atom is -0.395 e. The molecule has 0 radical (unpaired) electrons. The third-order valence-corrected chi connectivity index (χ3v) is 2.80. The standard InChI is InChI=1S/C16H19N3O2/c1-13(2)19(10-5-9-17)16(21)15-8-7-14(12-18-15)6-3-4-11-20/h7-8,12-13,20H,4-5,10-11H2,1-2H3. The van der Waals surface area contributed by atoms with Gasteiger partial charge < -0.3 is 10.0 Å². The van der Waals surface area contributed by atoms with Gasteiger partial charge in [-0.05, 0) is 26.0 Å². The number of hydrogen-bond acceptors (Lipinski definition) is 4. The molecule has 0 aliphatic carbocycles. The van der Waals surface area contributed by atoms with Crippen molar-refractivity contribution in [3.05, 3.63) is 29.6 Å². The fraction of sp³-hybridized carbons (Fsp3) is 0.438. The maximum absolute atomic E-state index is 12.3. The van der Waals surface area contributed by atoms with Gasteiger partial charge in [-0.3, -0.25) is 4.79 Å². The zero-order valence-electron chi connectivity index (χ0n) is 12.3. The first-order valence-corrected chi connectivity index (χ1v) is 6.83. The molecule has 5 nitrogen and oxygen atoms in total. The maximum atomic E-state index is 12.3. The highest BCUT2D eigenvalue weighted by Crippen LogP contribution is 2.08. The van der Waals surface area contributed by atoms with Gasteiger partial charge in [-0.25, -0.2) is 4.98 Å². The minimum absolute atomic E-state index is 0.0108. The van der Waals surface area contributed by atoms with Crippen LogP contribution in [0, 0.1) is 23.2 Å². The van der Waals surface area contributed by atoms with E-state index in [0.29, 0.717) is 30.6 Å². The summed E-state index contributed by atoms with van der Waals surface area (Å²) in [7, 11) is 0. The van der Waals surface area contributed by atoms with E-state index in [1.54, 1.807) is 23.2 Å². The van der Waals surface area contributed by atoms with Crippen LogP contribution >= 0.6 is 0 Å². The second-order valence-electron chi connectivity index (χ2n) is 4.71. The van der Waals surface area contributed by atoms with Crippen LogP contribution in [0.4, 0.5) is 0 Å². The molecule has 0 atom stereocenters. The lowest BCUT2D eigenvalue weighted by Crippen LogP contribution is -2.38. The first kappa shape index (κ1) is 16.7. The van der Waals surface area contributed by atoms with E-state index in [1.165, 1.54) is 0 Å². The number of hydrogen-bond donors (Lipinski definition) is 1. The molecule has 0 bridgehead atoms. The Bertz CT molecular complexity index is 562. The van der Waals surface area contributed by atoms with Gasteiger partial charge in [0.15, 0.2) is 0 Å². The number of amides is 1. The van der Waals surface area contributed by atoms with Crippen molar-refractivity contribution in [3.8, 4) is 17.9 Å². The lowest BCUT2D eigenvalue weighted by molar-refractivity contribution is 0.0704. The number of nitrogens with zero attached hydrogens (tertiary/aromatic N) is 3. The van der Waals surface area contributed by atoms with Crippen molar-refractivity contribution in [3.63, 3.8) is 0 Å². The molecule has 1 rings (SSSR count). The van der Waals surface area contributed by atoms with E-state index in [2.05, 4.69) is 16.8 Å². The maximum Gasteiger partial charge on any atom is 0.272 e. The van der Waals surface area contributed by atoms with Crippen LogP contribution in [0.2, 0.25) is 0 Å². The van der Waals surface area contributed by atoms with Crippen molar-refractivity contribution in [2.45, 2.75) is 32.7 Å². The summed E-state index contributed by atoms with van der Waals surface area (Å²) in [5.74, 6) is 5.47. The van der Waals surface area contributed by atoms with E-state index >= 15 is 0 Å². The fourth-order valence-corrected chi connectivity index (χ4v) is 1.73. The minimum atomic E-state index is -0.185. The summed E-state index contributed by atoms with van der Waals surface area (Å²) in [5.41, 5.74) is 1.04. The highest BCUT2D eigenvalue weighted by atomic mass is 16.2. The molecule has 0 saturated heterocycles. The Balaban J connectivity index is 2.82. The SMILES string of the molecule is CC(C)N(CCC#N)C(=O)c1ccc(C#CCCO)cn1. The van der Waals surface area contributed by atoms with E-state index in [1.807, 2.05) is 19.9 Å². The molecule has 5 heteroatoms. The molecule has 0 aliphatic heterocycles. The van der Waals surface area contributed by atoms with Gasteiger partial charge in [-0.2, -0.15) is 5.26 Å². The summed E-state index contributed by atoms with van der Waals surface area (Å²) >= 11 is 0. The molecule has 1 heterocycles. The average molecular weight is 285 g/mol. The quantitative estimate of drug-likeness (QED) is 0.833. The van der Waals surface area contributed by atoms with Gasteiger partial charge >= 0.3 is 0 Å². The van der Waals surface area contributed by atoms with Crippen LogP contribution in [0.3, 0.4) is 0 Å². The summed E-state index contributed by atoms with van der Waals surface area (Å²) in [6.45, 7) is 4.24. The number of carbonyl (C=O) groups excluding carboxylic acids is 1. The van der Waals surface area contributed by atoms with E-state index < -0.39 is 0 Å². The first-order valence-electron chi connectivity index (χ1n) is 6.83. The predicted octanol–water partition coefficient (Wildman–Crippen LogP) is 1.58. The zero-order valence-corrected chi connectivity index (χ0v) is 12.3. The summed E-state index contributed by atoms with van der Waals surface area (Å²) in [6, 6.07) is 5.42. The Hall–Kier alpha value is -2.37. The predicted molar refractivity (Wildman–Crippen MR) is 79.2 cm³/mol. The molecule has 1 aromatic rings. The Morgan fingerprint density at radius 1 is 1.43 bits per heavy atom. The molecule has 0 saturated carbocycles. The number of aliphatic hydroxyl groups is 1. The lowest BCUT2D eigenvalue weighted by atomic mass is 10.2. The van der Waals surface area contributed by atoms with Crippen LogP contribution in [0.1, 0.15) is 42.7 Å². The normalized spacial score (nSPS) is 9.67. The summed E-state index contributed by atoms with van der Waals surface area (Å²) < 4.78 is 0. The highest BCUT2D eigenvalue weighted by Gasteiger charge is 2.19. The smallest absolute Gasteiger partial charge is 0.272 e. The van der Waals surface area contributed by atoms with E-state index in [-0.39, 0.29) is 18.6 Å². The first-order chi connectivity index (χ1) is 10.1. The molecule has 1 amide bonds. The number of aromatic nitrogens is 1. The average Bonchev–Trinajstić information content (AvgIpc) is 2.48. The van der Waals surface area contributed by atoms with Crippen LogP contribution in [0.15, 0.2) is 18.3 Å². The van der Waals surface area contributed by atoms with Gasteiger partial charge in [0.05, 0.1) is 19.1 Å². The van der Waals surface area contributed by atoms with Crippen molar-refractivity contribution < 1.29 is 9.90 Å². The van der Waals surface area contributed by atoms with Gasteiger partial charge in [0.1, 0.15) is 5.69 Å². The second kappa shape index (κ2) is 8.73. The Morgan fingerprint density at radius 2 is 2.19 bits per heavy atom. The molecule has 0 aromatic carbocycles. The van der Waals surface area contributed by atoms with Gasteiger partial charge in [-0.1, -0.05) is 11.8 Å². The Kier molecular flexibility index (Phi) is 6.94. The van der Waals surface area contributed by atoms with Crippen LogP contribution < -0.4 is 0 Å². The van der Waals surface area contributed by atoms with Crippen molar-refractivity contribution in [2.75, 3.05) is 13.2 Å². The third kappa shape index (κ3) is 5.25. The molecule has 110 valence electrons. The van der Waals surface area contributed by atoms with Crippen molar-refractivity contribution in [1.82, 2.24) is 9.88 Å². The van der Waals surface area contributed by atoms with Crippen molar-refractivity contribution in [1.29, 1.82) is 5.26 Å². The zero-order chi connectivity index (χ0) is 15.7. The van der Waals surface area contributed by atoms with Crippen LogP contribution in [0.5, 0.6) is 0 Å². The topological polar surface area (TPSA) is 77.2 Å². The number of carbonyl (C=O) groups is 1. The number of rotatable bonds is 5. The molecule has 1 N–H and O–H groups in total. The van der Waals surface area contributed by atoms with Crippen molar-refractivity contribution >= 4 is 5.91 Å². The van der Waals surface area contributed by atoms with Crippen LogP contribution in [0.25, 0.3) is 0 Å². The summed E-state index contributed by atoms with van der Waals surface area (Å²) in [4.78, 5) is 18.1. The van der Waals surface area contributed by atoms with Gasteiger partial charge in [0.2, 0.25) is 0 Å². The highest BCUT2D eigenvalue weighted by molar-refractivity contribution is 5.92. The molecule has 0 unspecified atom stereocenters. The number of pyridine rings is 1. The van der Waals surface area contributed by atoms with E-state index in [0.717, 1.165) is 0 Å². The lowest BCUT2D eigenvalue weighted by Gasteiger charge is -2.25. The fourth-order valence-electron chi connectivity index (χ4n) is 1.73. The molecule has 1 aromatic heterocycles. The Labute approximate surface area is 125 Å². The molecule has 0 fully saturated rings.